The summed E-state index contributed by atoms with van der Waals surface area (Å²) in [7, 11) is 0. The molecule has 4 aromatic heterocycles. The van der Waals surface area contributed by atoms with Crippen LogP contribution in [-0.4, -0.2) is 25.1 Å². The maximum Gasteiger partial charge on any atom is 0.223 e. The van der Waals surface area contributed by atoms with E-state index >= 15 is 0 Å². The zero-order chi connectivity index (χ0) is 20.2. The van der Waals surface area contributed by atoms with Crippen molar-refractivity contribution in [2.24, 2.45) is 5.92 Å². The fraction of sp³-hybridized carbons (Fsp3) is 0.318. The fourth-order valence-electron chi connectivity index (χ4n) is 3.64. The Labute approximate surface area is 174 Å². The van der Waals surface area contributed by atoms with E-state index in [1.165, 1.54) is 0 Å². The number of rotatable bonds is 8. The van der Waals surface area contributed by atoms with Gasteiger partial charge in [0.25, 0.3) is 0 Å². The van der Waals surface area contributed by atoms with E-state index in [9.17, 15) is 4.79 Å². The van der Waals surface area contributed by atoms with Gasteiger partial charge in [-0.05, 0) is 59.0 Å². The first-order chi connectivity index (χ1) is 14.1. The van der Waals surface area contributed by atoms with E-state index in [1.54, 1.807) is 11.3 Å². The number of aromatic nitrogens is 4. The number of nitrogens with one attached hydrogen (secondary N) is 1. The summed E-state index contributed by atoms with van der Waals surface area (Å²) < 4.78 is 4.04. The predicted molar refractivity (Wildman–Crippen MR) is 115 cm³/mol. The van der Waals surface area contributed by atoms with Crippen molar-refractivity contribution in [3.63, 3.8) is 0 Å². The SMILES string of the molecule is CC(C)C[C@@H](NC(=O)C[C@@H](c1ccsc1)n1cccc1)c1nnc2ccccn12. The lowest BCUT2D eigenvalue weighted by Crippen LogP contribution is -2.32. The van der Waals surface area contributed by atoms with Crippen LogP contribution in [0.4, 0.5) is 0 Å². The van der Waals surface area contributed by atoms with Gasteiger partial charge in [-0.15, -0.1) is 10.2 Å². The molecule has 0 radical (unpaired) electrons. The smallest absolute Gasteiger partial charge is 0.223 e. The molecule has 0 bridgehead atoms. The molecule has 4 rings (SSSR count). The van der Waals surface area contributed by atoms with E-state index in [1.807, 2.05) is 58.7 Å². The summed E-state index contributed by atoms with van der Waals surface area (Å²) in [5, 5.41) is 16.0. The van der Waals surface area contributed by atoms with Crippen molar-refractivity contribution in [1.29, 1.82) is 0 Å². The van der Waals surface area contributed by atoms with Crippen molar-refractivity contribution in [2.75, 3.05) is 0 Å². The normalized spacial score (nSPS) is 13.6. The van der Waals surface area contributed by atoms with Crippen molar-refractivity contribution in [3.05, 3.63) is 77.1 Å². The van der Waals surface area contributed by atoms with Gasteiger partial charge in [0, 0.05) is 18.6 Å². The third kappa shape index (κ3) is 4.40. The van der Waals surface area contributed by atoms with Gasteiger partial charge >= 0.3 is 0 Å². The number of thiophene rings is 1. The average Bonchev–Trinajstić information content (AvgIpc) is 3.47. The molecule has 0 unspecified atom stereocenters. The summed E-state index contributed by atoms with van der Waals surface area (Å²) >= 11 is 1.65. The molecule has 150 valence electrons. The molecular weight excluding hydrogens is 382 g/mol. The Balaban J connectivity index is 1.56. The molecule has 4 heterocycles. The Hall–Kier alpha value is -2.93. The molecule has 7 heteroatoms. The second kappa shape index (κ2) is 8.61. The van der Waals surface area contributed by atoms with Crippen LogP contribution in [0.1, 0.15) is 50.2 Å². The minimum absolute atomic E-state index is 0.00762. The molecule has 0 fully saturated rings. The Morgan fingerprint density at radius 3 is 2.62 bits per heavy atom. The molecule has 29 heavy (non-hydrogen) atoms. The molecule has 0 aliphatic heterocycles. The van der Waals surface area contributed by atoms with Gasteiger partial charge in [0.05, 0.1) is 18.5 Å². The lowest BCUT2D eigenvalue weighted by molar-refractivity contribution is -0.122. The van der Waals surface area contributed by atoms with Crippen LogP contribution < -0.4 is 5.32 Å². The number of hydrogen-bond donors (Lipinski definition) is 1. The minimum atomic E-state index is -0.187. The van der Waals surface area contributed by atoms with Gasteiger partial charge in [0.1, 0.15) is 0 Å². The van der Waals surface area contributed by atoms with Crippen molar-refractivity contribution in [2.45, 2.75) is 38.8 Å². The van der Waals surface area contributed by atoms with Crippen LogP contribution in [0.5, 0.6) is 0 Å². The van der Waals surface area contributed by atoms with Crippen molar-refractivity contribution < 1.29 is 4.79 Å². The molecule has 4 aromatic rings. The number of hydrogen-bond acceptors (Lipinski definition) is 4. The predicted octanol–water partition coefficient (Wildman–Crippen LogP) is 4.48. The van der Waals surface area contributed by atoms with Crippen molar-refractivity contribution >= 4 is 22.9 Å². The second-order valence-corrected chi connectivity index (χ2v) is 8.42. The van der Waals surface area contributed by atoms with Gasteiger partial charge in [-0.25, -0.2) is 0 Å². The highest BCUT2D eigenvalue weighted by molar-refractivity contribution is 7.08. The molecule has 0 aromatic carbocycles. The van der Waals surface area contributed by atoms with E-state index in [0.717, 1.165) is 23.5 Å². The van der Waals surface area contributed by atoms with Crippen LogP contribution in [0.25, 0.3) is 5.65 Å². The molecule has 1 N–H and O–H groups in total. The van der Waals surface area contributed by atoms with Crippen LogP contribution in [0.2, 0.25) is 0 Å². The Morgan fingerprint density at radius 2 is 1.90 bits per heavy atom. The molecular formula is C22H25N5OS. The van der Waals surface area contributed by atoms with Crippen LogP contribution in [0.15, 0.2) is 65.7 Å². The topological polar surface area (TPSA) is 64.2 Å². The van der Waals surface area contributed by atoms with Gasteiger partial charge in [-0.3, -0.25) is 9.20 Å². The van der Waals surface area contributed by atoms with E-state index in [4.69, 9.17) is 0 Å². The summed E-state index contributed by atoms with van der Waals surface area (Å²) in [5.74, 6) is 1.19. The second-order valence-electron chi connectivity index (χ2n) is 7.64. The van der Waals surface area contributed by atoms with Crippen LogP contribution >= 0.6 is 11.3 Å². The van der Waals surface area contributed by atoms with E-state index in [0.29, 0.717) is 12.3 Å². The highest BCUT2D eigenvalue weighted by Crippen LogP contribution is 2.26. The van der Waals surface area contributed by atoms with E-state index in [-0.39, 0.29) is 18.0 Å². The number of carbonyl (C=O) groups is 1. The van der Waals surface area contributed by atoms with Crippen molar-refractivity contribution in [3.8, 4) is 0 Å². The summed E-state index contributed by atoms with van der Waals surface area (Å²) in [6.45, 7) is 4.30. The zero-order valence-electron chi connectivity index (χ0n) is 16.6. The first-order valence-electron chi connectivity index (χ1n) is 9.85. The van der Waals surface area contributed by atoms with Gasteiger partial charge in [0.15, 0.2) is 11.5 Å². The fourth-order valence-corrected chi connectivity index (χ4v) is 4.35. The number of amides is 1. The molecule has 2 atom stereocenters. The van der Waals surface area contributed by atoms with Crippen LogP contribution in [0.3, 0.4) is 0 Å². The Bertz CT molecular complexity index is 1020. The molecule has 0 aliphatic carbocycles. The average molecular weight is 408 g/mol. The highest BCUT2D eigenvalue weighted by Gasteiger charge is 2.24. The molecule has 0 spiro atoms. The summed E-state index contributed by atoms with van der Waals surface area (Å²) in [6, 6.07) is 11.7. The summed E-state index contributed by atoms with van der Waals surface area (Å²) in [6.07, 6.45) is 7.13. The standard InChI is InChI=1S/C22H25N5OS/c1-16(2)13-18(22-25-24-20-7-3-4-11-27(20)22)23-21(28)14-19(17-8-12-29-15-17)26-9-5-6-10-26/h3-12,15-16,18-19H,13-14H2,1-2H3,(H,23,28)/t18-,19+/m1/s1. The summed E-state index contributed by atoms with van der Waals surface area (Å²) in [4.78, 5) is 13.1. The van der Waals surface area contributed by atoms with Gasteiger partial charge in [-0.2, -0.15) is 11.3 Å². The zero-order valence-corrected chi connectivity index (χ0v) is 17.4. The highest BCUT2D eigenvalue weighted by atomic mass is 32.1. The number of carbonyl (C=O) groups excluding carboxylic acids is 1. The first kappa shape index (κ1) is 19.4. The summed E-state index contributed by atoms with van der Waals surface area (Å²) in [5.41, 5.74) is 1.93. The largest absolute Gasteiger partial charge is 0.346 e. The molecule has 0 saturated carbocycles. The van der Waals surface area contributed by atoms with E-state index in [2.05, 4.69) is 45.4 Å². The van der Waals surface area contributed by atoms with Gasteiger partial charge in [0.2, 0.25) is 5.91 Å². The lowest BCUT2D eigenvalue weighted by Gasteiger charge is -2.22. The number of pyridine rings is 1. The van der Waals surface area contributed by atoms with Crippen LogP contribution in [0, 0.1) is 5.92 Å². The molecule has 1 amide bonds. The molecule has 0 aliphatic rings. The Morgan fingerprint density at radius 1 is 1.10 bits per heavy atom. The molecule has 0 saturated heterocycles. The number of nitrogens with zero attached hydrogens (tertiary/aromatic N) is 4. The van der Waals surface area contributed by atoms with Crippen LogP contribution in [-0.2, 0) is 4.79 Å². The molecule has 6 nitrogen and oxygen atoms in total. The Kier molecular flexibility index (Phi) is 5.76. The lowest BCUT2D eigenvalue weighted by atomic mass is 10.0. The van der Waals surface area contributed by atoms with Gasteiger partial charge < -0.3 is 9.88 Å². The maximum atomic E-state index is 13.1. The van der Waals surface area contributed by atoms with Gasteiger partial charge in [-0.1, -0.05) is 19.9 Å². The third-order valence-corrected chi connectivity index (χ3v) is 5.69. The number of fused-ring (bicyclic) bond motifs is 1. The monoisotopic (exact) mass is 407 g/mol. The van der Waals surface area contributed by atoms with Crippen molar-refractivity contribution in [1.82, 2.24) is 24.5 Å². The maximum absolute atomic E-state index is 13.1. The minimum Gasteiger partial charge on any atom is -0.346 e. The first-order valence-corrected chi connectivity index (χ1v) is 10.8. The third-order valence-electron chi connectivity index (χ3n) is 4.99. The quantitative estimate of drug-likeness (QED) is 0.468. The van der Waals surface area contributed by atoms with E-state index < -0.39 is 0 Å².